The van der Waals surface area contributed by atoms with Crippen LogP contribution in [0.1, 0.15) is 12.0 Å². The standard InChI is InChI=1S/C19H29NO7/c21-8-4-9-23-11-13-25-15-16-26-14-12-24-10-7-20-19(22)27-17-18-5-2-1-3-6-18/h1-3,5-6,8H,4,7,9-17H2,(H,20,22). The highest BCUT2D eigenvalue weighted by Gasteiger charge is 2.01. The van der Waals surface area contributed by atoms with Gasteiger partial charge in [-0.2, -0.15) is 0 Å². The fourth-order valence-electron chi connectivity index (χ4n) is 1.89. The van der Waals surface area contributed by atoms with Crippen LogP contribution >= 0.6 is 0 Å². The average Bonchev–Trinajstić information content (AvgIpc) is 2.70. The molecule has 8 nitrogen and oxygen atoms in total. The van der Waals surface area contributed by atoms with Gasteiger partial charge in [-0.1, -0.05) is 30.3 Å². The highest BCUT2D eigenvalue weighted by Crippen LogP contribution is 2.00. The van der Waals surface area contributed by atoms with Crippen LogP contribution < -0.4 is 5.32 Å². The first kappa shape index (κ1) is 23.0. The number of hydrogen-bond donors (Lipinski definition) is 1. The van der Waals surface area contributed by atoms with Crippen molar-refractivity contribution in [3.63, 3.8) is 0 Å². The number of nitrogens with one attached hydrogen (secondary N) is 1. The molecule has 0 aliphatic carbocycles. The lowest BCUT2D eigenvalue weighted by Crippen LogP contribution is -2.28. The van der Waals surface area contributed by atoms with Gasteiger partial charge in [-0.05, 0) is 5.56 Å². The lowest BCUT2D eigenvalue weighted by atomic mass is 10.2. The molecule has 1 aromatic carbocycles. The van der Waals surface area contributed by atoms with E-state index in [1.165, 1.54) is 0 Å². The summed E-state index contributed by atoms with van der Waals surface area (Å²) in [6.07, 6.45) is 0.767. The average molecular weight is 383 g/mol. The van der Waals surface area contributed by atoms with E-state index in [9.17, 15) is 9.59 Å². The molecule has 0 spiro atoms. The SMILES string of the molecule is O=CCCOCCOCCOCCOCCNC(=O)OCc1ccccc1. The second-order valence-electron chi connectivity index (χ2n) is 5.39. The van der Waals surface area contributed by atoms with Crippen molar-refractivity contribution in [2.75, 3.05) is 59.4 Å². The molecule has 0 saturated heterocycles. The van der Waals surface area contributed by atoms with Gasteiger partial charge in [0.2, 0.25) is 0 Å². The van der Waals surface area contributed by atoms with Crippen LogP contribution in [0.5, 0.6) is 0 Å². The van der Waals surface area contributed by atoms with Crippen LogP contribution in [-0.4, -0.2) is 71.8 Å². The maximum Gasteiger partial charge on any atom is 0.407 e. The van der Waals surface area contributed by atoms with E-state index in [4.69, 9.17) is 23.7 Å². The Bertz CT molecular complexity index is 484. The van der Waals surface area contributed by atoms with Crippen LogP contribution in [-0.2, 0) is 35.1 Å². The molecule has 0 aliphatic heterocycles. The summed E-state index contributed by atoms with van der Waals surface area (Å²) in [5.41, 5.74) is 0.940. The summed E-state index contributed by atoms with van der Waals surface area (Å²) in [5.74, 6) is 0. The van der Waals surface area contributed by atoms with Crippen molar-refractivity contribution in [3.05, 3.63) is 35.9 Å². The molecule has 0 heterocycles. The van der Waals surface area contributed by atoms with E-state index in [1.54, 1.807) is 0 Å². The van der Waals surface area contributed by atoms with Gasteiger partial charge < -0.3 is 33.8 Å². The lowest BCUT2D eigenvalue weighted by Gasteiger charge is -2.08. The number of ether oxygens (including phenoxy) is 5. The molecule has 27 heavy (non-hydrogen) atoms. The summed E-state index contributed by atoms with van der Waals surface area (Å²) in [6, 6.07) is 9.49. The molecule has 0 saturated carbocycles. The van der Waals surface area contributed by atoms with Crippen LogP contribution in [0.3, 0.4) is 0 Å². The molecule has 0 aromatic heterocycles. The third-order valence-electron chi connectivity index (χ3n) is 3.22. The summed E-state index contributed by atoms with van der Waals surface area (Å²) in [6.45, 7) is 4.23. The number of aldehydes is 1. The number of rotatable bonds is 17. The maximum atomic E-state index is 11.5. The van der Waals surface area contributed by atoms with Gasteiger partial charge in [0.05, 0.1) is 52.9 Å². The predicted octanol–water partition coefficient (Wildman–Crippen LogP) is 1.57. The first-order valence-electron chi connectivity index (χ1n) is 9.02. The first-order chi connectivity index (χ1) is 13.3. The molecule has 1 aromatic rings. The van der Waals surface area contributed by atoms with E-state index in [0.717, 1.165) is 11.8 Å². The fraction of sp³-hybridized carbons (Fsp3) is 0.579. The summed E-state index contributed by atoms with van der Waals surface area (Å²) in [4.78, 5) is 21.6. The molecule has 1 rings (SSSR count). The van der Waals surface area contributed by atoms with Gasteiger partial charge in [0.1, 0.15) is 12.9 Å². The van der Waals surface area contributed by atoms with Gasteiger partial charge in [-0.15, -0.1) is 0 Å². The predicted molar refractivity (Wildman–Crippen MR) is 98.6 cm³/mol. The number of carbonyl (C=O) groups excluding carboxylic acids is 2. The highest BCUT2D eigenvalue weighted by atomic mass is 16.6. The Morgan fingerprint density at radius 3 is 1.96 bits per heavy atom. The molecule has 0 aliphatic rings. The Morgan fingerprint density at radius 2 is 1.37 bits per heavy atom. The van der Waals surface area contributed by atoms with Gasteiger partial charge in [0.15, 0.2) is 0 Å². The fourth-order valence-corrected chi connectivity index (χ4v) is 1.89. The Balaban J connectivity index is 1.77. The highest BCUT2D eigenvalue weighted by molar-refractivity contribution is 5.67. The second-order valence-corrected chi connectivity index (χ2v) is 5.39. The molecular formula is C19H29NO7. The lowest BCUT2D eigenvalue weighted by molar-refractivity contribution is -0.108. The van der Waals surface area contributed by atoms with Crippen molar-refractivity contribution in [3.8, 4) is 0 Å². The van der Waals surface area contributed by atoms with Crippen LogP contribution in [0.2, 0.25) is 0 Å². The number of carbonyl (C=O) groups is 2. The zero-order valence-electron chi connectivity index (χ0n) is 15.6. The summed E-state index contributed by atoms with van der Waals surface area (Å²) >= 11 is 0. The van der Waals surface area contributed by atoms with E-state index in [1.807, 2.05) is 30.3 Å². The molecule has 1 amide bonds. The van der Waals surface area contributed by atoms with E-state index in [-0.39, 0.29) is 6.61 Å². The van der Waals surface area contributed by atoms with Crippen LogP contribution in [0.25, 0.3) is 0 Å². The molecule has 0 bridgehead atoms. The minimum Gasteiger partial charge on any atom is -0.445 e. The molecule has 152 valence electrons. The third kappa shape index (κ3) is 14.8. The minimum absolute atomic E-state index is 0.244. The minimum atomic E-state index is -0.467. The van der Waals surface area contributed by atoms with Gasteiger partial charge in [0.25, 0.3) is 0 Å². The van der Waals surface area contributed by atoms with Crippen molar-refractivity contribution >= 4 is 12.4 Å². The number of hydrogen-bond acceptors (Lipinski definition) is 7. The molecule has 0 unspecified atom stereocenters. The number of amides is 1. The zero-order chi connectivity index (χ0) is 19.4. The number of benzene rings is 1. The van der Waals surface area contributed by atoms with E-state index >= 15 is 0 Å². The van der Waals surface area contributed by atoms with Gasteiger partial charge in [0, 0.05) is 13.0 Å². The molecule has 0 radical (unpaired) electrons. The summed E-state index contributed by atoms with van der Waals surface area (Å²) in [7, 11) is 0. The zero-order valence-corrected chi connectivity index (χ0v) is 15.6. The van der Waals surface area contributed by atoms with Gasteiger partial charge in [-0.3, -0.25) is 0 Å². The molecule has 0 atom stereocenters. The number of alkyl carbamates (subject to hydrolysis) is 1. The van der Waals surface area contributed by atoms with Gasteiger partial charge in [-0.25, -0.2) is 4.79 Å². The Morgan fingerprint density at radius 1 is 0.815 bits per heavy atom. The van der Waals surface area contributed by atoms with E-state index in [0.29, 0.717) is 65.8 Å². The molecular weight excluding hydrogens is 354 g/mol. The molecule has 1 N–H and O–H groups in total. The Labute approximate surface area is 160 Å². The van der Waals surface area contributed by atoms with Crippen molar-refractivity contribution < 1.29 is 33.3 Å². The quantitative estimate of drug-likeness (QED) is 0.322. The topological polar surface area (TPSA) is 92.3 Å². The van der Waals surface area contributed by atoms with Crippen LogP contribution in [0, 0.1) is 0 Å². The monoisotopic (exact) mass is 383 g/mol. The first-order valence-corrected chi connectivity index (χ1v) is 9.02. The van der Waals surface area contributed by atoms with Crippen molar-refractivity contribution in [2.45, 2.75) is 13.0 Å². The Hall–Kier alpha value is -2.00. The Kier molecular flexibility index (Phi) is 14.9. The van der Waals surface area contributed by atoms with Crippen molar-refractivity contribution in [2.24, 2.45) is 0 Å². The summed E-state index contributed by atoms with van der Waals surface area (Å²) in [5, 5.41) is 2.62. The van der Waals surface area contributed by atoms with Crippen molar-refractivity contribution in [1.82, 2.24) is 5.32 Å². The van der Waals surface area contributed by atoms with Gasteiger partial charge >= 0.3 is 6.09 Å². The van der Waals surface area contributed by atoms with E-state index in [2.05, 4.69) is 5.32 Å². The molecule has 8 heteroatoms. The third-order valence-corrected chi connectivity index (χ3v) is 3.22. The summed E-state index contributed by atoms with van der Waals surface area (Å²) < 4.78 is 26.2. The normalized spacial score (nSPS) is 10.5. The van der Waals surface area contributed by atoms with Crippen LogP contribution in [0.4, 0.5) is 4.79 Å². The largest absolute Gasteiger partial charge is 0.445 e. The smallest absolute Gasteiger partial charge is 0.407 e. The van der Waals surface area contributed by atoms with Crippen molar-refractivity contribution in [1.29, 1.82) is 0 Å². The molecule has 0 fully saturated rings. The van der Waals surface area contributed by atoms with Crippen LogP contribution in [0.15, 0.2) is 30.3 Å². The second kappa shape index (κ2) is 17.4. The van der Waals surface area contributed by atoms with E-state index < -0.39 is 6.09 Å². The maximum absolute atomic E-state index is 11.5.